The summed E-state index contributed by atoms with van der Waals surface area (Å²) in [4.78, 5) is 12.3. The standard InChI is InChI=1S/C31H38N2O7S/c1-37-19-20-38-28-17-16-27(30(21-28)40-23-24-14-15-24)13-8-18-39-31(34)33-41(35,36)32-22-29(25-9-4-2-5-10-25)26-11-6-3-7-12-26/h2-7,9-12,16-17,21,24,29,32H,8,13-15,18-20,22-23H2,1H3,(H,33,34). The zero-order chi connectivity index (χ0) is 28.9. The van der Waals surface area contributed by atoms with Crippen molar-refractivity contribution in [1.29, 1.82) is 0 Å². The van der Waals surface area contributed by atoms with Crippen LogP contribution in [0.1, 0.15) is 41.9 Å². The van der Waals surface area contributed by atoms with Crippen LogP contribution in [0.5, 0.6) is 11.5 Å². The van der Waals surface area contributed by atoms with E-state index in [2.05, 4.69) is 4.72 Å². The van der Waals surface area contributed by atoms with Crippen molar-refractivity contribution in [2.24, 2.45) is 5.92 Å². The maximum atomic E-state index is 12.6. The Morgan fingerprint density at radius 2 is 1.59 bits per heavy atom. The first-order valence-electron chi connectivity index (χ1n) is 13.8. The maximum absolute atomic E-state index is 12.6. The van der Waals surface area contributed by atoms with Crippen molar-refractivity contribution in [1.82, 2.24) is 9.44 Å². The quantitative estimate of drug-likeness (QED) is 0.219. The monoisotopic (exact) mass is 582 g/mol. The molecule has 0 atom stereocenters. The first kappa shape index (κ1) is 30.4. The molecule has 2 N–H and O–H groups in total. The summed E-state index contributed by atoms with van der Waals surface area (Å²) in [5.74, 6) is 1.82. The van der Waals surface area contributed by atoms with Crippen molar-refractivity contribution in [2.45, 2.75) is 31.6 Å². The van der Waals surface area contributed by atoms with Gasteiger partial charge in [-0.1, -0.05) is 66.7 Å². The van der Waals surface area contributed by atoms with Gasteiger partial charge < -0.3 is 18.9 Å². The van der Waals surface area contributed by atoms with Gasteiger partial charge in [-0.15, -0.1) is 0 Å². The zero-order valence-electron chi connectivity index (χ0n) is 23.3. The molecule has 0 heterocycles. The molecule has 0 spiro atoms. The van der Waals surface area contributed by atoms with Gasteiger partial charge in [0.25, 0.3) is 0 Å². The van der Waals surface area contributed by atoms with E-state index in [1.165, 1.54) is 12.8 Å². The first-order chi connectivity index (χ1) is 19.9. The minimum absolute atomic E-state index is 0.0478. The highest BCUT2D eigenvalue weighted by atomic mass is 32.2. The predicted octanol–water partition coefficient (Wildman–Crippen LogP) is 4.83. The van der Waals surface area contributed by atoms with Gasteiger partial charge in [0.15, 0.2) is 0 Å². The number of benzene rings is 3. The normalized spacial score (nSPS) is 13.1. The summed E-state index contributed by atoms with van der Waals surface area (Å²) >= 11 is 0. The van der Waals surface area contributed by atoms with Crippen LogP contribution in [0, 0.1) is 5.92 Å². The topological polar surface area (TPSA) is 112 Å². The molecular formula is C31H38N2O7S. The van der Waals surface area contributed by atoms with Crippen molar-refractivity contribution in [3.05, 3.63) is 95.6 Å². The van der Waals surface area contributed by atoms with Crippen LogP contribution in [0.2, 0.25) is 0 Å². The fraction of sp³-hybridized carbons (Fsp3) is 0.387. The molecule has 1 aliphatic rings. The van der Waals surface area contributed by atoms with Crippen molar-refractivity contribution < 1.29 is 32.2 Å². The molecule has 1 amide bonds. The van der Waals surface area contributed by atoms with Crippen LogP contribution in [0.25, 0.3) is 0 Å². The number of carbonyl (C=O) groups excluding carboxylic acids is 1. The van der Waals surface area contributed by atoms with Crippen LogP contribution < -0.4 is 18.9 Å². The van der Waals surface area contributed by atoms with E-state index in [0.717, 1.165) is 22.4 Å². The van der Waals surface area contributed by atoms with Crippen molar-refractivity contribution in [3.8, 4) is 11.5 Å². The fourth-order valence-corrected chi connectivity index (χ4v) is 5.03. The predicted molar refractivity (Wildman–Crippen MR) is 156 cm³/mol. The van der Waals surface area contributed by atoms with Gasteiger partial charge in [0.1, 0.15) is 18.1 Å². The van der Waals surface area contributed by atoms with E-state index in [1.807, 2.05) is 83.6 Å². The molecule has 9 nitrogen and oxygen atoms in total. The largest absolute Gasteiger partial charge is 0.493 e. The molecule has 0 saturated heterocycles. The highest BCUT2D eigenvalue weighted by molar-refractivity contribution is 7.88. The van der Waals surface area contributed by atoms with Gasteiger partial charge in [-0.3, -0.25) is 0 Å². The lowest BCUT2D eigenvalue weighted by molar-refractivity contribution is 0.146. The average Bonchev–Trinajstić information content (AvgIpc) is 3.81. The second-order valence-corrected chi connectivity index (χ2v) is 11.4. The molecule has 1 fully saturated rings. The number of hydrogen-bond acceptors (Lipinski definition) is 7. The van der Waals surface area contributed by atoms with Crippen molar-refractivity contribution in [3.63, 3.8) is 0 Å². The average molecular weight is 583 g/mol. The molecule has 220 valence electrons. The van der Waals surface area contributed by atoms with Crippen molar-refractivity contribution in [2.75, 3.05) is 40.1 Å². The van der Waals surface area contributed by atoms with E-state index in [9.17, 15) is 13.2 Å². The van der Waals surface area contributed by atoms with Gasteiger partial charge in [-0.05, 0) is 54.4 Å². The summed E-state index contributed by atoms with van der Waals surface area (Å²) in [6.45, 7) is 1.72. The highest BCUT2D eigenvalue weighted by Crippen LogP contribution is 2.32. The van der Waals surface area contributed by atoms with Crippen LogP contribution in [0.4, 0.5) is 4.79 Å². The third kappa shape index (κ3) is 10.4. The molecule has 10 heteroatoms. The highest BCUT2D eigenvalue weighted by Gasteiger charge is 2.23. The first-order valence-corrected chi connectivity index (χ1v) is 15.3. The lowest BCUT2D eigenvalue weighted by atomic mass is 9.92. The third-order valence-corrected chi connectivity index (χ3v) is 7.67. The number of rotatable bonds is 17. The molecule has 3 aromatic carbocycles. The van der Waals surface area contributed by atoms with Crippen LogP contribution in [-0.4, -0.2) is 54.6 Å². The van der Waals surface area contributed by atoms with Gasteiger partial charge in [0.05, 0.1) is 19.8 Å². The van der Waals surface area contributed by atoms with E-state index < -0.39 is 16.3 Å². The SMILES string of the molecule is COCCOc1ccc(CCCOC(=O)NS(=O)(=O)NCC(c2ccccc2)c2ccccc2)c(OCC2CC2)c1. The van der Waals surface area contributed by atoms with Gasteiger partial charge in [-0.25, -0.2) is 9.52 Å². The van der Waals surface area contributed by atoms with E-state index in [0.29, 0.717) is 44.3 Å². The van der Waals surface area contributed by atoms with Gasteiger partial charge >= 0.3 is 16.3 Å². The van der Waals surface area contributed by atoms with Crippen LogP contribution in [0.3, 0.4) is 0 Å². The Balaban J connectivity index is 1.25. The zero-order valence-corrected chi connectivity index (χ0v) is 24.1. The summed E-state index contributed by atoms with van der Waals surface area (Å²) in [6.07, 6.45) is 2.42. The minimum Gasteiger partial charge on any atom is -0.493 e. The minimum atomic E-state index is -4.13. The molecule has 3 aromatic rings. The Labute approximate surface area is 242 Å². The number of aryl methyl sites for hydroxylation is 1. The molecular weight excluding hydrogens is 544 g/mol. The Kier molecular flexibility index (Phi) is 11.4. The van der Waals surface area contributed by atoms with Gasteiger partial charge in [0.2, 0.25) is 0 Å². The molecule has 0 unspecified atom stereocenters. The van der Waals surface area contributed by atoms with Gasteiger partial charge in [-0.2, -0.15) is 13.1 Å². The Morgan fingerprint density at radius 3 is 2.22 bits per heavy atom. The van der Waals surface area contributed by atoms with Crippen LogP contribution in [-0.2, 0) is 26.1 Å². The molecule has 1 saturated carbocycles. The number of amides is 1. The summed E-state index contributed by atoms with van der Waals surface area (Å²) in [5, 5.41) is 0. The van der Waals surface area contributed by atoms with E-state index in [1.54, 1.807) is 7.11 Å². The van der Waals surface area contributed by atoms with E-state index in [4.69, 9.17) is 18.9 Å². The molecule has 0 aromatic heterocycles. The molecule has 0 bridgehead atoms. The summed E-state index contributed by atoms with van der Waals surface area (Å²) in [5.41, 5.74) is 2.88. The Morgan fingerprint density at radius 1 is 0.902 bits per heavy atom. The molecule has 41 heavy (non-hydrogen) atoms. The van der Waals surface area contributed by atoms with Gasteiger partial charge in [0, 0.05) is 25.6 Å². The number of hydrogen-bond donors (Lipinski definition) is 2. The maximum Gasteiger partial charge on any atom is 0.421 e. The van der Waals surface area contributed by atoms with Crippen LogP contribution >= 0.6 is 0 Å². The number of ether oxygens (including phenoxy) is 4. The Hall–Kier alpha value is -3.60. The summed E-state index contributed by atoms with van der Waals surface area (Å²) < 4.78 is 51.6. The van der Waals surface area contributed by atoms with Crippen molar-refractivity contribution >= 4 is 16.3 Å². The smallest absolute Gasteiger partial charge is 0.421 e. The number of methoxy groups -OCH3 is 1. The second-order valence-electron chi connectivity index (χ2n) is 9.93. The lowest BCUT2D eigenvalue weighted by Crippen LogP contribution is -2.42. The third-order valence-electron chi connectivity index (χ3n) is 6.69. The molecule has 0 aliphatic heterocycles. The summed E-state index contributed by atoms with van der Waals surface area (Å²) in [6, 6.07) is 24.9. The number of carbonyl (C=O) groups is 1. The Bertz CT molecular complexity index is 1290. The van der Waals surface area contributed by atoms with Crippen LogP contribution in [0.15, 0.2) is 78.9 Å². The number of nitrogens with one attached hydrogen (secondary N) is 2. The van der Waals surface area contributed by atoms with E-state index in [-0.39, 0.29) is 19.1 Å². The molecule has 4 rings (SSSR count). The summed E-state index contributed by atoms with van der Waals surface area (Å²) in [7, 11) is -2.51. The second kappa shape index (κ2) is 15.4. The fourth-order valence-electron chi connectivity index (χ4n) is 4.30. The molecule has 0 radical (unpaired) electrons. The molecule has 1 aliphatic carbocycles. The lowest BCUT2D eigenvalue weighted by Gasteiger charge is -2.19. The van der Waals surface area contributed by atoms with E-state index >= 15 is 0 Å².